The Labute approximate surface area is 147 Å². The molecule has 10 heteroatoms. The van der Waals surface area contributed by atoms with Crippen molar-refractivity contribution in [2.24, 2.45) is 4.30 Å². The van der Waals surface area contributed by atoms with Crippen LogP contribution in [0.3, 0.4) is 0 Å². The first-order chi connectivity index (χ1) is 10.8. The Kier molecular flexibility index (Phi) is 13.4. The number of halogens is 1. The van der Waals surface area contributed by atoms with Crippen LogP contribution < -0.4 is 11.5 Å². The molecule has 7 nitrogen and oxygen atoms in total. The Morgan fingerprint density at radius 3 is 2.09 bits per heavy atom. The molecule has 0 atom stereocenters. The maximum atomic E-state index is 6.21. The van der Waals surface area contributed by atoms with Crippen LogP contribution in [0.5, 0.6) is 0 Å². The summed E-state index contributed by atoms with van der Waals surface area (Å²) in [5, 5.41) is 0. The van der Waals surface area contributed by atoms with E-state index in [9.17, 15) is 0 Å². The van der Waals surface area contributed by atoms with Crippen molar-refractivity contribution in [3.05, 3.63) is 34.3 Å². The van der Waals surface area contributed by atoms with E-state index >= 15 is 0 Å². The van der Waals surface area contributed by atoms with E-state index in [0.717, 1.165) is 15.9 Å². The van der Waals surface area contributed by atoms with Crippen molar-refractivity contribution >= 4 is 48.3 Å². The zero-order valence-electron chi connectivity index (χ0n) is 13.7. The van der Waals surface area contributed by atoms with Crippen LogP contribution in [0.2, 0.25) is 0 Å². The number of thiol groups is 1. The van der Waals surface area contributed by atoms with E-state index < -0.39 is 0 Å². The average Bonchev–Trinajstić information content (AvgIpc) is 2.45. The molecular formula is C12H20BBrN7S. The Bertz CT molecular complexity index is 560. The van der Waals surface area contributed by atoms with Gasteiger partial charge in [0.15, 0.2) is 0 Å². The van der Waals surface area contributed by atoms with Crippen LogP contribution in [0, 0.1) is 13.8 Å². The molecule has 4 N–H and O–H groups in total. The van der Waals surface area contributed by atoms with E-state index in [1.807, 2.05) is 13.8 Å². The Balaban J connectivity index is 0. The van der Waals surface area contributed by atoms with Gasteiger partial charge >= 0.3 is 24.8 Å². The summed E-state index contributed by atoms with van der Waals surface area (Å²) in [5.41, 5.74) is 12.3. The molecule has 0 bridgehead atoms. The van der Waals surface area contributed by atoms with Gasteiger partial charge in [0.1, 0.15) is 0 Å². The fourth-order valence-electron chi connectivity index (χ4n) is 0.939. The van der Waals surface area contributed by atoms with Gasteiger partial charge in [-0.2, -0.15) is 0 Å². The summed E-state index contributed by atoms with van der Waals surface area (Å²) in [6.45, 7) is 6.03. The van der Waals surface area contributed by atoms with Crippen LogP contribution in [0.15, 0.2) is 27.2 Å². The molecule has 2 rings (SSSR count). The minimum absolute atomic E-state index is 0.315. The summed E-state index contributed by atoms with van der Waals surface area (Å²) in [7, 11) is 4.34. The van der Waals surface area contributed by atoms with Crippen molar-refractivity contribution in [3.8, 4) is 0 Å². The average molecular weight is 386 g/mol. The second-order valence-electron chi connectivity index (χ2n) is 3.33. The van der Waals surface area contributed by atoms with Gasteiger partial charge in [-0.1, -0.05) is 13.8 Å². The monoisotopic (exact) mass is 385 g/mol. The predicted molar refractivity (Wildman–Crippen MR) is 98.6 cm³/mol. The number of aromatic nitrogens is 4. The van der Waals surface area contributed by atoms with E-state index in [4.69, 9.17) is 12.8 Å². The molecule has 0 aromatic carbocycles. The summed E-state index contributed by atoms with van der Waals surface area (Å²) in [6, 6.07) is 1.80. The van der Waals surface area contributed by atoms with Crippen molar-refractivity contribution in [2.75, 3.05) is 11.5 Å². The summed E-state index contributed by atoms with van der Waals surface area (Å²) in [6.07, 6.45) is 3.27. The summed E-state index contributed by atoms with van der Waals surface area (Å²) in [4.78, 5) is 15.2. The van der Waals surface area contributed by atoms with Crippen molar-refractivity contribution in [1.29, 1.82) is 0 Å². The molecule has 0 fully saturated rings. The molecule has 0 amide bonds. The fourth-order valence-corrected chi connectivity index (χ4v) is 1.13. The van der Waals surface area contributed by atoms with Gasteiger partial charge in [0.2, 0.25) is 11.9 Å². The number of anilines is 2. The van der Waals surface area contributed by atoms with Gasteiger partial charge in [0.25, 0.3) is 0 Å². The van der Waals surface area contributed by atoms with Crippen molar-refractivity contribution < 1.29 is 1.37 Å². The van der Waals surface area contributed by atoms with Crippen LogP contribution in [-0.2, 0) is 0 Å². The molecule has 0 aliphatic carbocycles. The topological polar surface area (TPSA) is 116 Å². The summed E-state index contributed by atoms with van der Waals surface area (Å²) in [5.74, 6) is 0.653. The van der Waals surface area contributed by atoms with Gasteiger partial charge in [0.05, 0.1) is 10.2 Å². The van der Waals surface area contributed by atoms with Crippen molar-refractivity contribution in [1.82, 2.24) is 19.9 Å². The number of hydrogen-bond donors (Lipinski definition) is 3. The number of nitrogens with two attached hydrogens (primary N) is 2. The zero-order chi connectivity index (χ0) is 18.3. The molecule has 0 spiro atoms. The number of rotatable bonds is 0. The molecular weight excluding hydrogens is 365 g/mol. The number of hydrogen-bond acceptors (Lipinski definition) is 8. The molecule has 2 aromatic rings. The van der Waals surface area contributed by atoms with Gasteiger partial charge in [0, 0.05) is 19.5 Å². The standard InChI is InChI=1S/C5H6BrN3.C5H7N3.C2H6.BHNS/c1-3-4(6)2-8-5(7)9-3;1-4-2-3-7-5(6)8-4;1-2;1-2-3/h2H,1H3,(H2,7,8,9);2-3H,1H3,(H2,6,7,8);1-2H3;3H/i;;1D;. The molecule has 0 saturated heterocycles. The van der Waals surface area contributed by atoms with Crippen molar-refractivity contribution in [3.63, 3.8) is 0 Å². The van der Waals surface area contributed by atoms with Crippen LogP contribution in [0.25, 0.3) is 0 Å². The van der Waals surface area contributed by atoms with E-state index in [2.05, 4.69) is 60.6 Å². The first kappa shape index (κ1) is 20.5. The van der Waals surface area contributed by atoms with Crippen LogP contribution in [0.1, 0.15) is 26.6 Å². The Morgan fingerprint density at radius 2 is 1.77 bits per heavy atom. The van der Waals surface area contributed by atoms with Gasteiger partial charge in [-0.05, 0) is 35.8 Å². The molecule has 22 heavy (non-hydrogen) atoms. The minimum atomic E-state index is 0.315. The first-order valence-corrected chi connectivity index (χ1v) is 7.14. The Morgan fingerprint density at radius 1 is 1.27 bits per heavy atom. The van der Waals surface area contributed by atoms with Crippen LogP contribution in [-0.4, -0.2) is 27.6 Å². The number of aryl methyl sites for hydroxylation is 2. The molecule has 0 aliphatic heterocycles. The Hall–Kier alpha value is -1.55. The van der Waals surface area contributed by atoms with Crippen molar-refractivity contribution in [2.45, 2.75) is 27.7 Å². The third kappa shape index (κ3) is 12.2. The van der Waals surface area contributed by atoms with Crippen LogP contribution >= 0.6 is 28.7 Å². The van der Waals surface area contributed by atoms with Gasteiger partial charge < -0.3 is 11.5 Å². The molecule has 0 saturated carbocycles. The maximum absolute atomic E-state index is 6.21. The number of nitrogens with zero attached hydrogens (tertiary/aromatic N) is 5. The van der Waals surface area contributed by atoms with Crippen LogP contribution in [0.4, 0.5) is 11.9 Å². The number of nitrogen functional groups attached to an aromatic ring is 2. The summed E-state index contributed by atoms with van der Waals surface area (Å²) >= 11 is 6.44. The van der Waals surface area contributed by atoms with Gasteiger partial charge in [-0.15, -0.1) is 0 Å². The fraction of sp³-hybridized carbons (Fsp3) is 0.333. The SMILES string of the molecule is Cc1ccnc(N)n1.Cc1nc(N)ncc1Br.[2H]CC.[B]=NS. The quantitative estimate of drug-likeness (QED) is 0.474. The molecule has 2 heterocycles. The second kappa shape index (κ2) is 14.4. The molecule has 0 unspecified atom stereocenters. The molecule has 0 aliphatic rings. The van der Waals surface area contributed by atoms with E-state index in [0.29, 0.717) is 18.8 Å². The molecule has 119 valence electrons. The normalized spacial score (nSPS) is 8.64. The predicted octanol–water partition coefficient (Wildman–Crippen LogP) is 2.71. The van der Waals surface area contributed by atoms with Gasteiger partial charge in [-0.25, -0.2) is 19.9 Å². The first-order valence-electron chi connectivity index (χ1n) is 6.66. The van der Waals surface area contributed by atoms with E-state index in [1.54, 1.807) is 25.4 Å². The van der Waals surface area contributed by atoms with E-state index in [1.165, 1.54) is 0 Å². The molecule has 1 radical (unpaired) electrons. The summed E-state index contributed by atoms with van der Waals surface area (Å²) < 4.78 is 9.79. The second-order valence-corrected chi connectivity index (χ2v) is 4.42. The molecule has 2 aromatic heterocycles. The third-order valence-electron chi connectivity index (χ3n) is 1.75. The third-order valence-corrected chi connectivity index (χ3v) is 2.53. The van der Waals surface area contributed by atoms with Gasteiger partial charge in [-0.3, -0.25) is 0 Å². The van der Waals surface area contributed by atoms with E-state index in [-0.39, 0.29) is 0 Å². The zero-order valence-corrected chi connectivity index (χ0v) is 15.2.